The number of benzene rings is 1. The molecule has 6 atom stereocenters. The summed E-state index contributed by atoms with van der Waals surface area (Å²) in [7, 11) is 8.32. The van der Waals surface area contributed by atoms with E-state index >= 15 is 0 Å². The molecule has 3 saturated carbocycles. The van der Waals surface area contributed by atoms with Gasteiger partial charge in [0.1, 0.15) is 0 Å². The van der Waals surface area contributed by atoms with Crippen molar-refractivity contribution in [2.45, 2.75) is 87.5 Å². The maximum absolute atomic E-state index is 12.1. The Hall–Kier alpha value is -1.32. The number of methoxy groups -OCH3 is 5. The van der Waals surface area contributed by atoms with E-state index in [1.165, 1.54) is 16.7 Å². The third-order valence-corrected chi connectivity index (χ3v) is 10.9. The highest BCUT2D eigenvalue weighted by atomic mass is 16.7. The van der Waals surface area contributed by atoms with Gasteiger partial charge in [0.05, 0.1) is 17.8 Å². The minimum atomic E-state index is -0.944. The third-order valence-electron chi connectivity index (χ3n) is 10.9. The predicted octanol–water partition coefficient (Wildman–Crippen LogP) is 4.87. The van der Waals surface area contributed by atoms with Crippen LogP contribution < -0.4 is 0 Å². The SMILES string of the molecule is COC[C@]1(O)CC[C@H]2[C@@H]3CCC4(O)CC(OC)(OC)CCC4=C3C(c3ccc(C(OC)OC)cc3)C[C@@]21C. The average molecular weight is 531 g/mol. The first kappa shape index (κ1) is 28.2. The number of aliphatic hydroxyl groups is 2. The van der Waals surface area contributed by atoms with Gasteiger partial charge in [-0.2, -0.15) is 0 Å². The van der Waals surface area contributed by atoms with Gasteiger partial charge in [-0.3, -0.25) is 0 Å². The van der Waals surface area contributed by atoms with E-state index in [1.54, 1.807) is 35.5 Å². The molecule has 212 valence electrons. The van der Waals surface area contributed by atoms with E-state index in [0.717, 1.165) is 44.1 Å². The van der Waals surface area contributed by atoms with Crippen molar-refractivity contribution in [1.29, 1.82) is 0 Å². The molecular weight excluding hydrogens is 484 g/mol. The fourth-order valence-corrected chi connectivity index (χ4v) is 8.82. The monoisotopic (exact) mass is 530 g/mol. The molecule has 38 heavy (non-hydrogen) atoms. The second-order valence-corrected chi connectivity index (χ2v) is 12.4. The van der Waals surface area contributed by atoms with E-state index in [9.17, 15) is 10.2 Å². The molecule has 0 bridgehead atoms. The first-order chi connectivity index (χ1) is 18.1. The van der Waals surface area contributed by atoms with E-state index < -0.39 is 23.3 Å². The summed E-state index contributed by atoms with van der Waals surface area (Å²) < 4.78 is 28.1. The molecule has 0 radical (unpaired) electrons. The Balaban J connectivity index is 1.62. The highest BCUT2D eigenvalue weighted by Crippen LogP contribution is 2.67. The number of ether oxygens (including phenoxy) is 5. The predicted molar refractivity (Wildman–Crippen MR) is 144 cm³/mol. The van der Waals surface area contributed by atoms with Crippen molar-refractivity contribution in [2.24, 2.45) is 17.3 Å². The van der Waals surface area contributed by atoms with Crippen LogP contribution in [0.15, 0.2) is 35.4 Å². The van der Waals surface area contributed by atoms with Gasteiger partial charge < -0.3 is 33.9 Å². The molecule has 0 spiro atoms. The molecule has 1 aromatic carbocycles. The number of hydrogen-bond acceptors (Lipinski definition) is 7. The summed E-state index contributed by atoms with van der Waals surface area (Å²) in [6.45, 7) is 2.63. The summed E-state index contributed by atoms with van der Waals surface area (Å²) in [5, 5.41) is 24.1. The van der Waals surface area contributed by atoms with Crippen LogP contribution in [0.5, 0.6) is 0 Å². The van der Waals surface area contributed by atoms with Gasteiger partial charge in [-0.1, -0.05) is 36.8 Å². The molecule has 4 aliphatic carbocycles. The average Bonchev–Trinajstić information content (AvgIpc) is 3.18. The van der Waals surface area contributed by atoms with Crippen molar-refractivity contribution >= 4 is 0 Å². The summed E-state index contributed by atoms with van der Waals surface area (Å²) >= 11 is 0. The lowest BCUT2D eigenvalue weighted by atomic mass is 9.49. The van der Waals surface area contributed by atoms with Gasteiger partial charge in [0.2, 0.25) is 0 Å². The fraction of sp³-hybridized carbons (Fsp3) is 0.742. The summed E-state index contributed by atoms with van der Waals surface area (Å²) in [5.41, 5.74) is 2.66. The molecule has 3 fully saturated rings. The van der Waals surface area contributed by atoms with Gasteiger partial charge in [0, 0.05) is 65.3 Å². The Labute approximate surface area is 227 Å². The van der Waals surface area contributed by atoms with Crippen LogP contribution in [-0.4, -0.2) is 69.4 Å². The third kappa shape index (κ3) is 4.21. The van der Waals surface area contributed by atoms with E-state index in [0.29, 0.717) is 31.3 Å². The highest BCUT2D eigenvalue weighted by molar-refractivity contribution is 5.44. The van der Waals surface area contributed by atoms with E-state index in [4.69, 9.17) is 23.7 Å². The minimum absolute atomic E-state index is 0.0970. The zero-order valence-corrected chi connectivity index (χ0v) is 23.9. The van der Waals surface area contributed by atoms with Crippen molar-refractivity contribution in [3.8, 4) is 0 Å². The maximum Gasteiger partial charge on any atom is 0.183 e. The largest absolute Gasteiger partial charge is 0.387 e. The van der Waals surface area contributed by atoms with Crippen molar-refractivity contribution < 1.29 is 33.9 Å². The molecule has 0 amide bonds. The zero-order chi connectivity index (χ0) is 27.3. The van der Waals surface area contributed by atoms with Crippen LogP contribution >= 0.6 is 0 Å². The lowest BCUT2D eigenvalue weighted by Crippen LogP contribution is -2.56. The van der Waals surface area contributed by atoms with Gasteiger partial charge >= 0.3 is 0 Å². The lowest BCUT2D eigenvalue weighted by Gasteiger charge is -2.57. The van der Waals surface area contributed by atoms with Crippen LogP contribution in [0.1, 0.15) is 81.6 Å². The molecule has 4 aliphatic rings. The molecule has 0 saturated heterocycles. The Morgan fingerprint density at radius 3 is 2.21 bits per heavy atom. The van der Waals surface area contributed by atoms with E-state index in [1.807, 2.05) is 0 Å². The molecule has 2 unspecified atom stereocenters. The Morgan fingerprint density at radius 2 is 1.61 bits per heavy atom. The Bertz CT molecular complexity index is 1030. The molecule has 0 aromatic heterocycles. The van der Waals surface area contributed by atoms with Crippen molar-refractivity contribution in [3.05, 3.63) is 46.5 Å². The van der Waals surface area contributed by atoms with Crippen LogP contribution in [0, 0.1) is 17.3 Å². The van der Waals surface area contributed by atoms with Gasteiger partial charge in [-0.25, -0.2) is 0 Å². The van der Waals surface area contributed by atoms with E-state index in [2.05, 4.69) is 31.2 Å². The van der Waals surface area contributed by atoms with Crippen LogP contribution in [0.25, 0.3) is 0 Å². The highest BCUT2D eigenvalue weighted by Gasteiger charge is 2.64. The van der Waals surface area contributed by atoms with Gasteiger partial charge in [-0.15, -0.1) is 0 Å². The quantitative estimate of drug-likeness (QED) is 0.366. The van der Waals surface area contributed by atoms with Crippen LogP contribution in [0.4, 0.5) is 0 Å². The standard InChI is InChI=1S/C31H46O7/c1-28-17-23(20-7-9-21(10-8-20)27(35-3)36-4)26-22(24(28)12-15-30(28,33)19-34-2)11-14-29(32)18-31(37-5,38-6)16-13-25(26)29/h7-10,22-24,27,32-33H,11-19H2,1-6H3/t22-,23?,24-,28-,29?,30+/m0/s1. The fourth-order valence-electron chi connectivity index (χ4n) is 8.82. The number of fused-ring (bicyclic) bond motifs is 4. The maximum atomic E-state index is 12.1. The molecule has 2 N–H and O–H groups in total. The molecular formula is C31H46O7. The van der Waals surface area contributed by atoms with Gasteiger partial charge in [0.25, 0.3) is 0 Å². The second-order valence-electron chi connectivity index (χ2n) is 12.4. The summed E-state index contributed by atoms with van der Waals surface area (Å²) in [6.07, 6.45) is 5.63. The molecule has 0 heterocycles. The summed E-state index contributed by atoms with van der Waals surface area (Å²) in [4.78, 5) is 0. The summed E-state index contributed by atoms with van der Waals surface area (Å²) in [6, 6.07) is 8.51. The van der Waals surface area contributed by atoms with Gasteiger partial charge in [0.15, 0.2) is 12.1 Å². The minimum Gasteiger partial charge on any atom is -0.387 e. The van der Waals surface area contributed by atoms with Crippen LogP contribution in [-0.2, 0) is 23.7 Å². The topological polar surface area (TPSA) is 86.6 Å². The smallest absolute Gasteiger partial charge is 0.183 e. The van der Waals surface area contributed by atoms with Crippen LogP contribution in [0.3, 0.4) is 0 Å². The first-order valence-electron chi connectivity index (χ1n) is 14.1. The molecule has 0 aliphatic heterocycles. The van der Waals surface area contributed by atoms with Crippen LogP contribution in [0.2, 0.25) is 0 Å². The van der Waals surface area contributed by atoms with Gasteiger partial charge in [-0.05, 0) is 61.5 Å². The van der Waals surface area contributed by atoms with E-state index in [-0.39, 0.29) is 11.3 Å². The molecule has 1 aromatic rings. The normalized spacial score (nSPS) is 38.2. The molecule has 7 nitrogen and oxygen atoms in total. The number of rotatable bonds is 8. The lowest BCUT2D eigenvalue weighted by molar-refractivity contribution is -0.246. The Kier molecular flexibility index (Phi) is 7.62. The Morgan fingerprint density at radius 1 is 0.921 bits per heavy atom. The molecule has 5 rings (SSSR count). The van der Waals surface area contributed by atoms with Crippen molar-refractivity contribution in [3.63, 3.8) is 0 Å². The summed E-state index contributed by atoms with van der Waals surface area (Å²) in [5.74, 6) is 0.0172. The van der Waals surface area contributed by atoms with Crippen molar-refractivity contribution in [2.75, 3.05) is 42.2 Å². The number of hydrogen-bond donors (Lipinski definition) is 2. The zero-order valence-electron chi connectivity index (χ0n) is 23.9. The second kappa shape index (κ2) is 10.3. The molecule has 7 heteroatoms. The van der Waals surface area contributed by atoms with Crippen molar-refractivity contribution in [1.82, 2.24) is 0 Å². The number of allylic oxidation sites excluding steroid dienone is 1. The first-order valence-corrected chi connectivity index (χ1v) is 14.1.